The van der Waals surface area contributed by atoms with E-state index in [9.17, 15) is 13.2 Å². The van der Waals surface area contributed by atoms with Crippen molar-refractivity contribution >= 4 is 61.8 Å². The average Bonchev–Trinajstić information content (AvgIpc) is 2.92. The number of fused-ring (bicyclic) bond motifs is 1. The third-order valence-electron chi connectivity index (χ3n) is 3.89. The van der Waals surface area contributed by atoms with E-state index in [0.29, 0.717) is 21.7 Å². The number of aliphatic carboxylic acids is 1. The Kier molecular flexibility index (Phi) is 5.67. The minimum absolute atomic E-state index is 0.0113. The molecule has 0 amide bonds. The molecule has 0 saturated carbocycles. The highest BCUT2D eigenvalue weighted by Crippen LogP contribution is 2.31. The number of carboxylic acid groups (broad SMARTS) is 1. The van der Waals surface area contributed by atoms with E-state index in [4.69, 9.17) is 39.9 Å². The average molecular weight is 448 g/mol. The number of pyridine rings is 1. The van der Waals surface area contributed by atoms with Crippen LogP contribution in [-0.4, -0.2) is 28.5 Å². The monoisotopic (exact) mass is 446 g/mol. The van der Waals surface area contributed by atoms with E-state index in [2.05, 4.69) is 4.98 Å². The molecular weight excluding hydrogens is 435 g/mol. The van der Waals surface area contributed by atoms with E-state index in [0.717, 1.165) is 3.97 Å². The lowest BCUT2D eigenvalue weighted by molar-refractivity contribution is -0.137. The maximum Gasteiger partial charge on any atom is 0.303 e. The van der Waals surface area contributed by atoms with Gasteiger partial charge in [0, 0.05) is 17.1 Å². The minimum atomic E-state index is -4.07. The van der Waals surface area contributed by atoms with E-state index < -0.39 is 16.0 Å². The smallest absolute Gasteiger partial charge is 0.303 e. The van der Waals surface area contributed by atoms with E-state index in [1.54, 1.807) is 12.1 Å². The van der Waals surface area contributed by atoms with E-state index in [1.807, 2.05) is 0 Å². The molecule has 142 valence electrons. The number of hydrogen-bond donors (Lipinski definition) is 1. The molecule has 0 saturated heterocycles. The number of aromatic nitrogens is 2. The Labute approximate surface area is 170 Å². The van der Waals surface area contributed by atoms with Gasteiger partial charge < -0.3 is 5.11 Å². The molecule has 1 aromatic carbocycles. The molecule has 0 fully saturated rings. The topological polar surface area (TPSA) is 89.3 Å². The van der Waals surface area contributed by atoms with Crippen LogP contribution in [0.4, 0.5) is 0 Å². The fourth-order valence-electron chi connectivity index (χ4n) is 2.75. The van der Waals surface area contributed by atoms with Crippen molar-refractivity contribution in [3.63, 3.8) is 0 Å². The molecule has 0 radical (unpaired) electrons. The summed E-state index contributed by atoms with van der Waals surface area (Å²) in [6, 6.07) is 8.74. The van der Waals surface area contributed by atoms with Crippen molar-refractivity contribution in [3.8, 4) is 0 Å². The number of carbonyl (C=O) groups is 1. The molecule has 3 rings (SSSR count). The number of rotatable bonds is 6. The van der Waals surface area contributed by atoms with Crippen LogP contribution in [0.15, 0.2) is 41.3 Å². The van der Waals surface area contributed by atoms with Crippen LogP contribution < -0.4 is 0 Å². The number of benzene rings is 1. The van der Waals surface area contributed by atoms with E-state index in [1.165, 1.54) is 24.3 Å². The van der Waals surface area contributed by atoms with Gasteiger partial charge in [-0.05, 0) is 49.2 Å². The number of halogens is 3. The van der Waals surface area contributed by atoms with Crippen molar-refractivity contribution in [2.45, 2.75) is 24.2 Å². The number of carboxylic acids is 1. The van der Waals surface area contributed by atoms with Crippen molar-refractivity contribution < 1.29 is 18.3 Å². The summed E-state index contributed by atoms with van der Waals surface area (Å²) in [6.45, 7) is 0. The van der Waals surface area contributed by atoms with Crippen LogP contribution >= 0.6 is 34.8 Å². The van der Waals surface area contributed by atoms with Gasteiger partial charge in [0.05, 0.1) is 16.1 Å². The first-order valence-electron chi connectivity index (χ1n) is 7.79. The van der Waals surface area contributed by atoms with Gasteiger partial charge in [0.1, 0.15) is 10.0 Å². The molecule has 2 aromatic heterocycles. The molecule has 10 heteroatoms. The Hall–Kier alpha value is -1.80. The van der Waals surface area contributed by atoms with Crippen LogP contribution in [0.25, 0.3) is 11.0 Å². The summed E-state index contributed by atoms with van der Waals surface area (Å²) in [5.41, 5.74) is 1.12. The van der Waals surface area contributed by atoms with Gasteiger partial charge >= 0.3 is 5.97 Å². The first kappa shape index (κ1) is 19.9. The van der Waals surface area contributed by atoms with E-state index in [-0.39, 0.29) is 34.3 Å². The number of aryl methyl sites for hydroxylation is 1. The van der Waals surface area contributed by atoms with Gasteiger partial charge in [0.25, 0.3) is 10.0 Å². The zero-order valence-electron chi connectivity index (χ0n) is 13.7. The molecule has 0 aliphatic heterocycles. The zero-order chi connectivity index (χ0) is 19.8. The Bertz CT molecular complexity index is 1140. The quantitative estimate of drug-likeness (QED) is 0.556. The fraction of sp³-hybridized carbons (Fsp3) is 0.176. The Morgan fingerprint density at radius 1 is 1.11 bits per heavy atom. The van der Waals surface area contributed by atoms with Gasteiger partial charge in [-0.15, -0.1) is 0 Å². The first-order chi connectivity index (χ1) is 12.7. The van der Waals surface area contributed by atoms with Crippen LogP contribution in [0, 0.1) is 0 Å². The lowest BCUT2D eigenvalue weighted by Gasteiger charge is -2.13. The number of nitrogens with zero attached hydrogens (tertiary/aromatic N) is 2. The molecule has 0 bridgehead atoms. The minimum Gasteiger partial charge on any atom is -0.481 e. The first-order valence-corrected chi connectivity index (χ1v) is 10.4. The highest BCUT2D eigenvalue weighted by Gasteiger charge is 2.26. The molecule has 1 N–H and O–H groups in total. The summed E-state index contributed by atoms with van der Waals surface area (Å²) < 4.78 is 27.7. The molecule has 0 atom stereocenters. The van der Waals surface area contributed by atoms with Gasteiger partial charge in [0.15, 0.2) is 0 Å². The largest absolute Gasteiger partial charge is 0.481 e. The molecule has 3 aromatic rings. The second-order valence-corrected chi connectivity index (χ2v) is 8.75. The summed E-state index contributed by atoms with van der Waals surface area (Å²) in [5.74, 6) is -0.956. The van der Waals surface area contributed by atoms with Gasteiger partial charge in [-0.1, -0.05) is 34.8 Å². The van der Waals surface area contributed by atoms with Crippen LogP contribution in [0.3, 0.4) is 0 Å². The maximum absolute atomic E-state index is 13.3. The summed E-state index contributed by atoms with van der Waals surface area (Å²) in [4.78, 5) is 14.8. The summed E-state index contributed by atoms with van der Waals surface area (Å²) in [5, 5.41) is 9.37. The normalized spacial score (nSPS) is 11.8. The van der Waals surface area contributed by atoms with Crippen molar-refractivity contribution in [1.82, 2.24) is 8.96 Å². The Morgan fingerprint density at radius 3 is 2.52 bits per heavy atom. The lowest BCUT2D eigenvalue weighted by Crippen LogP contribution is -2.16. The van der Waals surface area contributed by atoms with Crippen molar-refractivity contribution in [1.29, 1.82) is 0 Å². The van der Waals surface area contributed by atoms with Crippen molar-refractivity contribution in [2.75, 3.05) is 0 Å². The standard InChI is InChI=1S/C17H13Cl3N2O4S/c18-10-4-6-15(12(19)8-10)27(25,26)22-11(2-1-3-17(23)24)9-13-14(22)5-7-16(20)21-13/h4-9H,1-3H2,(H,23,24). The van der Waals surface area contributed by atoms with Gasteiger partial charge in [-0.2, -0.15) is 0 Å². The second-order valence-electron chi connectivity index (χ2n) is 5.77. The van der Waals surface area contributed by atoms with Crippen LogP contribution in [0.2, 0.25) is 15.2 Å². The molecule has 0 aliphatic carbocycles. The van der Waals surface area contributed by atoms with Crippen LogP contribution in [0.1, 0.15) is 18.5 Å². The Balaban J connectivity index is 2.19. The van der Waals surface area contributed by atoms with Crippen LogP contribution in [-0.2, 0) is 21.2 Å². The predicted molar refractivity (Wildman–Crippen MR) is 104 cm³/mol. The lowest BCUT2D eigenvalue weighted by atomic mass is 10.2. The molecular formula is C17H13Cl3N2O4S. The van der Waals surface area contributed by atoms with Crippen molar-refractivity contribution in [3.05, 3.63) is 57.3 Å². The van der Waals surface area contributed by atoms with Gasteiger partial charge in [-0.3, -0.25) is 4.79 Å². The van der Waals surface area contributed by atoms with Crippen molar-refractivity contribution in [2.24, 2.45) is 0 Å². The molecule has 0 unspecified atom stereocenters. The number of hydrogen-bond acceptors (Lipinski definition) is 4. The second kappa shape index (κ2) is 7.67. The zero-order valence-corrected chi connectivity index (χ0v) is 16.8. The van der Waals surface area contributed by atoms with E-state index >= 15 is 0 Å². The Morgan fingerprint density at radius 2 is 1.85 bits per heavy atom. The highest BCUT2D eigenvalue weighted by molar-refractivity contribution is 7.90. The highest BCUT2D eigenvalue weighted by atomic mass is 35.5. The molecule has 0 aliphatic rings. The summed E-state index contributed by atoms with van der Waals surface area (Å²) in [6.07, 6.45) is 0.408. The van der Waals surface area contributed by atoms with Gasteiger partial charge in [0.2, 0.25) is 0 Å². The third kappa shape index (κ3) is 4.06. The summed E-state index contributed by atoms with van der Waals surface area (Å²) in [7, 11) is -4.07. The SMILES string of the molecule is O=C(O)CCCc1cc2nc(Cl)ccc2n1S(=O)(=O)c1ccc(Cl)cc1Cl. The van der Waals surface area contributed by atoms with Gasteiger partial charge in [-0.25, -0.2) is 17.4 Å². The molecule has 6 nitrogen and oxygen atoms in total. The fourth-order valence-corrected chi connectivity index (χ4v) is 5.22. The third-order valence-corrected chi connectivity index (χ3v) is 6.58. The molecule has 0 spiro atoms. The molecule has 2 heterocycles. The summed E-state index contributed by atoms with van der Waals surface area (Å²) >= 11 is 17.9. The molecule has 27 heavy (non-hydrogen) atoms. The maximum atomic E-state index is 13.3. The van der Waals surface area contributed by atoms with Crippen LogP contribution in [0.5, 0.6) is 0 Å². The predicted octanol–water partition coefficient (Wildman–Crippen LogP) is 4.64.